The molecule has 3 heterocycles. The zero-order valence-electron chi connectivity index (χ0n) is 18.7. The van der Waals surface area contributed by atoms with Crippen LogP contribution in [0.15, 0.2) is 46.4 Å². The normalized spacial score (nSPS) is 16.4. The summed E-state index contributed by atoms with van der Waals surface area (Å²) in [5, 5.41) is 9.41. The molecular weight excluding hydrogens is 447 g/mol. The molecule has 9 heteroatoms. The standard InChI is InChI=1S/C25H22F3N3O3/c1-13-22-20(8-21(23(13)28)30-10-14-5-6-29(2)9-15(14)11-30)31(12-17(24(22)32)25(33)34)19-4-3-16(26)7-18(19)27/h3-4,7-8,12H,5-6,9-11H2,1-2H3,(H,33,34). The lowest BCUT2D eigenvalue weighted by Gasteiger charge is -2.23. The Labute approximate surface area is 193 Å². The summed E-state index contributed by atoms with van der Waals surface area (Å²) in [6, 6.07) is 4.32. The summed E-state index contributed by atoms with van der Waals surface area (Å²) >= 11 is 0. The molecule has 0 unspecified atom stereocenters. The Kier molecular flexibility index (Phi) is 5.24. The topological polar surface area (TPSA) is 65.8 Å². The largest absolute Gasteiger partial charge is 0.477 e. The summed E-state index contributed by atoms with van der Waals surface area (Å²) < 4.78 is 45.1. The number of rotatable bonds is 3. The Balaban J connectivity index is 1.75. The number of hydrogen-bond acceptors (Lipinski definition) is 4. The van der Waals surface area contributed by atoms with Gasteiger partial charge in [-0.3, -0.25) is 4.79 Å². The molecule has 1 aromatic heterocycles. The number of aromatic nitrogens is 1. The highest BCUT2D eigenvalue weighted by Crippen LogP contribution is 2.35. The van der Waals surface area contributed by atoms with Crippen LogP contribution >= 0.6 is 0 Å². The van der Waals surface area contributed by atoms with Crippen molar-refractivity contribution in [1.29, 1.82) is 0 Å². The van der Waals surface area contributed by atoms with Crippen LogP contribution < -0.4 is 10.3 Å². The molecule has 0 atom stereocenters. The lowest BCUT2D eigenvalue weighted by molar-refractivity contribution is 0.0695. The number of anilines is 1. The zero-order chi connectivity index (χ0) is 24.3. The number of halogens is 3. The van der Waals surface area contributed by atoms with Crippen molar-refractivity contribution in [2.24, 2.45) is 0 Å². The van der Waals surface area contributed by atoms with Crippen molar-refractivity contribution in [3.05, 3.63) is 80.4 Å². The molecule has 3 aromatic rings. The number of aromatic carboxylic acids is 1. The van der Waals surface area contributed by atoms with Crippen molar-refractivity contribution in [3.8, 4) is 5.69 Å². The van der Waals surface area contributed by atoms with E-state index in [-0.39, 0.29) is 27.8 Å². The number of carboxylic acid groups (broad SMARTS) is 1. The molecule has 0 saturated carbocycles. The average Bonchev–Trinajstić information content (AvgIpc) is 3.19. The van der Waals surface area contributed by atoms with Gasteiger partial charge >= 0.3 is 5.97 Å². The van der Waals surface area contributed by atoms with E-state index >= 15 is 4.39 Å². The Morgan fingerprint density at radius 3 is 2.47 bits per heavy atom. The van der Waals surface area contributed by atoms with Crippen molar-refractivity contribution in [2.75, 3.05) is 38.1 Å². The predicted octanol–water partition coefficient (Wildman–Crippen LogP) is 3.87. The molecule has 0 bridgehead atoms. The van der Waals surface area contributed by atoms with E-state index in [9.17, 15) is 23.5 Å². The van der Waals surface area contributed by atoms with E-state index in [0.717, 1.165) is 37.8 Å². The SMILES string of the molecule is Cc1c(F)c(N2CC3=C(CN(C)CC3)C2)cc2c1c(=O)c(C(=O)O)cn2-c1ccc(F)cc1F. The Hall–Kier alpha value is -3.59. The molecule has 2 aliphatic heterocycles. The van der Waals surface area contributed by atoms with Crippen LogP contribution in [0.1, 0.15) is 22.3 Å². The molecular formula is C25H22F3N3O3. The quantitative estimate of drug-likeness (QED) is 0.590. The molecule has 6 nitrogen and oxygen atoms in total. The maximum absolute atomic E-state index is 15.6. The van der Waals surface area contributed by atoms with E-state index in [0.29, 0.717) is 19.2 Å². The van der Waals surface area contributed by atoms with Crippen LogP contribution in [0.2, 0.25) is 0 Å². The molecule has 0 saturated heterocycles. The van der Waals surface area contributed by atoms with Crippen molar-refractivity contribution in [3.63, 3.8) is 0 Å². The number of carbonyl (C=O) groups is 1. The monoisotopic (exact) mass is 469 g/mol. The highest BCUT2D eigenvalue weighted by molar-refractivity contribution is 5.95. The summed E-state index contributed by atoms with van der Waals surface area (Å²) in [7, 11) is 2.03. The second-order valence-electron chi connectivity index (χ2n) is 8.92. The average molecular weight is 469 g/mol. The number of nitrogens with zero attached hydrogens (tertiary/aromatic N) is 3. The van der Waals surface area contributed by atoms with Gasteiger partial charge in [-0.05, 0) is 49.7 Å². The fourth-order valence-electron chi connectivity index (χ4n) is 4.94. The van der Waals surface area contributed by atoms with Crippen LogP contribution in [0.4, 0.5) is 18.9 Å². The lowest BCUT2D eigenvalue weighted by Crippen LogP contribution is -2.28. The smallest absolute Gasteiger partial charge is 0.341 e. The second-order valence-corrected chi connectivity index (χ2v) is 8.92. The molecule has 2 aliphatic rings. The van der Waals surface area contributed by atoms with Crippen LogP contribution in [0.5, 0.6) is 0 Å². The molecule has 176 valence electrons. The third-order valence-electron chi connectivity index (χ3n) is 6.71. The van der Waals surface area contributed by atoms with Gasteiger partial charge in [0.05, 0.1) is 22.3 Å². The van der Waals surface area contributed by atoms with Crippen molar-refractivity contribution in [1.82, 2.24) is 9.47 Å². The van der Waals surface area contributed by atoms with Gasteiger partial charge in [-0.25, -0.2) is 18.0 Å². The fraction of sp³-hybridized carbons (Fsp3) is 0.280. The summed E-state index contributed by atoms with van der Waals surface area (Å²) in [4.78, 5) is 28.8. The first kappa shape index (κ1) is 22.2. The third-order valence-corrected chi connectivity index (χ3v) is 6.71. The maximum atomic E-state index is 15.6. The van der Waals surface area contributed by atoms with Crippen LogP contribution in [0.3, 0.4) is 0 Å². The lowest BCUT2D eigenvalue weighted by atomic mass is 10.0. The minimum absolute atomic E-state index is 0.0149. The number of aryl methyl sites for hydroxylation is 1. The van der Waals surface area contributed by atoms with Gasteiger partial charge in [0.1, 0.15) is 23.0 Å². The van der Waals surface area contributed by atoms with E-state index in [1.54, 1.807) is 0 Å². The van der Waals surface area contributed by atoms with Gasteiger partial charge < -0.3 is 19.5 Å². The minimum atomic E-state index is -1.52. The first-order valence-electron chi connectivity index (χ1n) is 10.9. The molecule has 0 amide bonds. The summed E-state index contributed by atoms with van der Waals surface area (Å²) in [6.45, 7) is 4.22. The van der Waals surface area contributed by atoms with E-state index in [1.165, 1.54) is 28.7 Å². The Morgan fingerprint density at radius 2 is 1.76 bits per heavy atom. The molecule has 0 fully saturated rings. The van der Waals surface area contributed by atoms with Crippen LogP contribution in [-0.4, -0.2) is 53.8 Å². The summed E-state index contributed by atoms with van der Waals surface area (Å²) in [6.07, 6.45) is 1.90. The number of pyridine rings is 1. The number of benzene rings is 2. The highest BCUT2D eigenvalue weighted by atomic mass is 19.1. The van der Waals surface area contributed by atoms with E-state index in [1.807, 2.05) is 11.9 Å². The molecule has 1 N–H and O–H groups in total. The third kappa shape index (κ3) is 3.47. The van der Waals surface area contributed by atoms with Crippen molar-refractivity contribution >= 4 is 22.6 Å². The summed E-state index contributed by atoms with van der Waals surface area (Å²) in [5.74, 6) is -3.88. The Bertz CT molecular complexity index is 1460. The van der Waals surface area contributed by atoms with E-state index in [2.05, 4.69) is 4.90 Å². The molecule has 0 spiro atoms. The Morgan fingerprint density at radius 1 is 1.03 bits per heavy atom. The highest BCUT2D eigenvalue weighted by Gasteiger charge is 2.29. The van der Waals surface area contributed by atoms with Gasteiger partial charge in [0.25, 0.3) is 0 Å². The second kappa shape index (κ2) is 8.02. The van der Waals surface area contributed by atoms with Gasteiger partial charge in [-0.15, -0.1) is 0 Å². The van der Waals surface area contributed by atoms with Crippen molar-refractivity contribution < 1.29 is 23.1 Å². The first-order chi connectivity index (χ1) is 16.2. The van der Waals surface area contributed by atoms with Crippen molar-refractivity contribution in [2.45, 2.75) is 13.3 Å². The van der Waals surface area contributed by atoms with Crippen LogP contribution in [-0.2, 0) is 0 Å². The van der Waals surface area contributed by atoms with Gasteiger partial charge in [-0.1, -0.05) is 0 Å². The maximum Gasteiger partial charge on any atom is 0.341 e. The van der Waals surface area contributed by atoms with Crippen LogP contribution in [0.25, 0.3) is 16.6 Å². The number of fused-ring (bicyclic) bond motifs is 1. The summed E-state index contributed by atoms with van der Waals surface area (Å²) in [5.41, 5.74) is 1.24. The zero-order valence-corrected chi connectivity index (χ0v) is 18.7. The molecule has 0 aliphatic carbocycles. The van der Waals surface area contributed by atoms with Gasteiger partial charge in [0.15, 0.2) is 0 Å². The molecule has 2 aromatic carbocycles. The van der Waals surface area contributed by atoms with Gasteiger partial charge in [0, 0.05) is 44.0 Å². The molecule has 5 rings (SSSR count). The molecule has 0 radical (unpaired) electrons. The first-order valence-corrected chi connectivity index (χ1v) is 10.9. The van der Waals surface area contributed by atoms with E-state index in [4.69, 9.17) is 0 Å². The number of hydrogen-bond donors (Lipinski definition) is 1. The molecule has 34 heavy (non-hydrogen) atoms. The van der Waals surface area contributed by atoms with Gasteiger partial charge in [0.2, 0.25) is 5.43 Å². The van der Waals surface area contributed by atoms with Gasteiger partial charge in [-0.2, -0.15) is 0 Å². The van der Waals surface area contributed by atoms with E-state index < -0.39 is 34.4 Å². The predicted molar refractivity (Wildman–Crippen MR) is 122 cm³/mol. The minimum Gasteiger partial charge on any atom is -0.477 e. The number of carboxylic acids is 1. The number of likely N-dealkylation sites (N-methyl/N-ethyl adjacent to an activating group) is 1. The fourth-order valence-corrected chi connectivity index (χ4v) is 4.94. The van der Waals surface area contributed by atoms with Crippen LogP contribution in [0, 0.1) is 24.4 Å².